The van der Waals surface area contributed by atoms with Crippen molar-refractivity contribution in [2.24, 2.45) is 0 Å². The van der Waals surface area contributed by atoms with Crippen LogP contribution in [0.3, 0.4) is 0 Å². The van der Waals surface area contributed by atoms with Crippen molar-refractivity contribution in [3.63, 3.8) is 0 Å². The molecule has 0 spiro atoms. The third-order valence-corrected chi connectivity index (χ3v) is 3.43. The summed E-state index contributed by atoms with van der Waals surface area (Å²) in [5.74, 6) is 0. The molecule has 0 bridgehead atoms. The maximum atomic E-state index is 10.7. The maximum absolute atomic E-state index is 10.7. The largest absolute Gasteiger partial charge is 0.397 e. The van der Waals surface area contributed by atoms with Crippen LogP contribution in [0.1, 0.15) is 0 Å². The Labute approximate surface area is 170 Å². The summed E-state index contributed by atoms with van der Waals surface area (Å²) >= 11 is 0. The second-order valence-corrected chi connectivity index (χ2v) is 6.08. The molecule has 1 aliphatic heterocycles. The van der Waals surface area contributed by atoms with Gasteiger partial charge in [-0.15, -0.1) is 0 Å². The van der Waals surface area contributed by atoms with Crippen LogP contribution in [0.25, 0.3) is 0 Å². The van der Waals surface area contributed by atoms with E-state index in [1.807, 2.05) is 0 Å². The van der Waals surface area contributed by atoms with Gasteiger partial charge >= 0.3 is 20.7 Å². The zero-order valence-electron chi connectivity index (χ0n) is 11.6. The van der Waals surface area contributed by atoms with Crippen molar-refractivity contribution < 1.29 is 50.2 Å². The van der Waals surface area contributed by atoms with Crippen LogP contribution in [0.15, 0.2) is 0 Å². The van der Waals surface area contributed by atoms with Gasteiger partial charge in [-0.1, -0.05) is 0 Å². The zero-order chi connectivity index (χ0) is 15.7. The Morgan fingerprint density at radius 3 is 1.95 bits per heavy atom. The van der Waals surface area contributed by atoms with Crippen LogP contribution in [0.4, 0.5) is 0 Å². The average molecular weight is 385 g/mol. The molecule has 6 N–H and O–H groups in total. The van der Waals surface area contributed by atoms with Gasteiger partial charge in [0.15, 0.2) is 6.29 Å². The summed E-state index contributed by atoms with van der Waals surface area (Å²) in [4.78, 5) is 0. The van der Waals surface area contributed by atoms with Crippen LogP contribution >= 0.6 is 0 Å². The Hall–Kier alpha value is 1.58. The van der Waals surface area contributed by atoms with Gasteiger partial charge in [0.05, 0.1) is 6.61 Å². The Morgan fingerprint density at radius 2 is 1.59 bits per heavy atom. The van der Waals surface area contributed by atoms with E-state index >= 15 is 0 Å². The fraction of sp³-hybridized carbons (Fsp3) is 1.00. The number of aliphatic hydroxyl groups is 3. The number of hydrogen-bond acceptors (Lipinski definition) is 9. The molecule has 0 unspecified atom stereocenters. The summed E-state index contributed by atoms with van der Waals surface area (Å²) in [5.41, 5.74) is 0. The predicted molar refractivity (Wildman–Crippen MR) is 70.4 cm³/mol. The molecule has 0 aromatic heterocycles. The summed E-state index contributed by atoms with van der Waals surface area (Å²) in [6, 6.07) is -1.95. The van der Waals surface area contributed by atoms with Crippen molar-refractivity contribution in [3.8, 4) is 0 Å². The van der Waals surface area contributed by atoms with Crippen LogP contribution < -0.4 is 4.72 Å². The first kappa shape index (κ1) is 25.8. The minimum Gasteiger partial charge on any atom is -0.394 e. The fourth-order valence-electron chi connectivity index (χ4n) is 1.64. The van der Waals surface area contributed by atoms with Crippen molar-refractivity contribution in [1.29, 1.82) is 0 Å². The van der Waals surface area contributed by atoms with Crippen LogP contribution in [0.5, 0.6) is 0 Å². The van der Waals surface area contributed by atoms with Crippen LogP contribution in [-0.4, -0.2) is 138 Å². The monoisotopic (exact) mass is 385 g/mol. The van der Waals surface area contributed by atoms with E-state index in [-0.39, 0.29) is 59.1 Å². The summed E-state index contributed by atoms with van der Waals surface area (Å²) in [5, 5.41) is 28.0. The normalized spacial score (nSPS) is 32.7. The number of hydrogen-bond donors (Lipinski definition) is 6. The molecule has 16 heteroatoms. The Balaban J connectivity index is 0. The van der Waals surface area contributed by atoms with Gasteiger partial charge in [0.1, 0.15) is 24.4 Å². The summed E-state index contributed by atoms with van der Waals surface area (Å²) in [7, 11) is -10.0. The van der Waals surface area contributed by atoms with E-state index in [4.69, 9.17) is 14.2 Å². The number of nitrogens with one attached hydrogen (secondary N) is 1. The Bertz CT molecular complexity index is 539. The second kappa shape index (κ2) is 9.91. The molecule has 5 atom stereocenters. The van der Waals surface area contributed by atoms with Gasteiger partial charge in [-0.05, 0) is 0 Å². The Morgan fingerprint density at radius 1 is 1.09 bits per heavy atom. The molecule has 12 nitrogen and oxygen atoms in total. The molecule has 0 amide bonds. The van der Waals surface area contributed by atoms with E-state index in [9.17, 15) is 27.0 Å². The first-order valence-corrected chi connectivity index (χ1v) is 7.78. The summed E-state index contributed by atoms with van der Waals surface area (Å²) < 4.78 is 69.9. The van der Waals surface area contributed by atoms with Crippen molar-refractivity contribution in [2.75, 3.05) is 6.61 Å². The molecule has 1 heterocycles. The van der Waals surface area contributed by atoms with Gasteiger partial charge in [-0.2, -0.15) is 21.6 Å². The van der Waals surface area contributed by atoms with Crippen molar-refractivity contribution in [3.05, 3.63) is 0 Å². The molecule has 0 saturated carbocycles. The number of aliphatic hydroxyl groups excluding tert-OH is 3. The molecule has 22 heavy (non-hydrogen) atoms. The van der Waals surface area contributed by atoms with Crippen molar-refractivity contribution in [1.82, 2.24) is 4.72 Å². The molecular weight excluding hydrogens is 372 g/mol. The van der Waals surface area contributed by atoms with E-state index in [0.717, 1.165) is 0 Å². The van der Waals surface area contributed by atoms with Crippen LogP contribution in [0, 0.1) is 0 Å². The third kappa shape index (κ3) is 8.11. The van der Waals surface area contributed by atoms with Gasteiger partial charge < -0.3 is 20.1 Å². The standard InChI is InChI=1S/C6H13NO11S2.2Na/c8-1-2-4(9)5(18-20(14,15)16)3(6(10)17-2)7-19(11,12)13;;/h2-10H,1H2,(H,11,12,13)(H,14,15,16);;/t2-,3-,4-,5-,6+;;/m1../s1. The second-order valence-electron chi connectivity index (χ2n) is 3.85. The molecule has 1 rings (SSSR count). The van der Waals surface area contributed by atoms with Gasteiger partial charge in [-0.3, -0.25) is 9.11 Å². The molecule has 0 aromatic carbocycles. The fourth-order valence-corrected chi connectivity index (χ4v) is 2.74. The van der Waals surface area contributed by atoms with E-state index in [1.54, 1.807) is 0 Å². The maximum Gasteiger partial charge on any atom is 0.397 e. The topological polar surface area (TPSA) is 200 Å². The van der Waals surface area contributed by atoms with E-state index < -0.39 is 58.0 Å². The average Bonchev–Trinajstić information content (AvgIpc) is 2.25. The van der Waals surface area contributed by atoms with Crippen molar-refractivity contribution >= 4 is 79.8 Å². The first-order valence-electron chi connectivity index (χ1n) is 4.97. The predicted octanol–water partition coefficient (Wildman–Crippen LogP) is -4.76. The van der Waals surface area contributed by atoms with Crippen LogP contribution in [0.2, 0.25) is 0 Å². The van der Waals surface area contributed by atoms with E-state index in [2.05, 4.69) is 8.92 Å². The van der Waals surface area contributed by atoms with Gasteiger partial charge in [0, 0.05) is 59.1 Å². The quantitative estimate of drug-likeness (QED) is 0.196. The summed E-state index contributed by atoms with van der Waals surface area (Å²) in [6.45, 7) is -0.859. The molecular formula is C6H13NNa2O11S2. The molecule has 2 radical (unpaired) electrons. The van der Waals surface area contributed by atoms with Gasteiger partial charge in [-0.25, -0.2) is 4.18 Å². The molecule has 1 saturated heterocycles. The van der Waals surface area contributed by atoms with E-state index in [1.165, 1.54) is 4.72 Å². The number of rotatable bonds is 5. The summed E-state index contributed by atoms with van der Waals surface area (Å²) in [6.07, 6.45) is -7.54. The number of ether oxygens (including phenoxy) is 1. The molecule has 0 aromatic rings. The molecule has 0 aliphatic carbocycles. The SMILES string of the molecule is O=S(=O)(O)N[C@@H]1[C@@H](OS(=O)(=O)O)[C@H](O)[C@@H](CO)O[C@@H]1O.[Na].[Na]. The molecule has 1 aliphatic rings. The van der Waals surface area contributed by atoms with Crippen LogP contribution in [-0.2, 0) is 29.6 Å². The van der Waals surface area contributed by atoms with Gasteiger partial charge in [0.2, 0.25) is 0 Å². The molecule has 1 fully saturated rings. The third-order valence-electron chi connectivity index (χ3n) is 2.39. The Kier molecular flexibility index (Phi) is 11.6. The zero-order valence-corrected chi connectivity index (χ0v) is 17.2. The first-order chi connectivity index (χ1) is 8.94. The van der Waals surface area contributed by atoms with Crippen molar-refractivity contribution in [2.45, 2.75) is 30.6 Å². The minimum atomic E-state index is -5.12. The molecule has 122 valence electrons. The van der Waals surface area contributed by atoms with Gasteiger partial charge in [0.25, 0.3) is 0 Å². The smallest absolute Gasteiger partial charge is 0.394 e. The minimum absolute atomic E-state index is 0. The van der Waals surface area contributed by atoms with E-state index in [0.29, 0.717) is 0 Å².